The zero-order chi connectivity index (χ0) is 12.2. The molecule has 0 atom stereocenters. The molecule has 0 aliphatic heterocycles. The molecular weight excluding hydrogens is 228 g/mol. The molecule has 0 bridgehead atoms. The topological polar surface area (TPSA) is 45.9 Å². The fraction of sp³-hybridized carbons (Fsp3) is 0.333. The number of ether oxygens (including phenoxy) is 1. The Labute approximate surface area is 88.3 Å². The summed E-state index contributed by atoms with van der Waals surface area (Å²) in [5.41, 5.74) is -0.0436. The van der Waals surface area contributed by atoms with Crippen LogP contribution in [0.5, 0.6) is 5.88 Å². The van der Waals surface area contributed by atoms with Crippen molar-refractivity contribution in [1.82, 2.24) is 4.98 Å². The first kappa shape index (κ1) is 12.2. The van der Waals surface area contributed by atoms with Crippen LogP contribution in [0.2, 0.25) is 0 Å². The van der Waals surface area contributed by atoms with Gasteiger partial charge in [-0.05, 0) is 6.07 Å². The minimum atomic E-state index is -4.23. The Morgan fingerprint density at radius 1 is 1.44 bits per heavy atom. The molecule has 0 saturated carbocycles. The maximum Gasteiger partial charge on any atom is 0.340 e. The smallest absolute Gasteiger partial charge is 0.340 e. The highest BCUT2D eigenvalue weighted by Gasteiger charge is 2.41. The number of hydrogen-bond donors (Lipinski definition) is 0. The lowest BCUT2D eigenvalue weighted by atomic mass is 10.3. The maximum atomic E-state index is 12.4. The molecule has 7 heteroatoms. The Hall–Kier alpha value is -1.84. The van der Waals surface area contributed by atoms with Crippen molar-refractivity contribution >= 4 is 0 Å². The van der Waals surface area contributed by atoms with E-state index in [1.54, 1.807) is 6.07 Å². The summed E-state index contributed by atoms with van der Waals surface area (Å²) < 4.78 is 52.8. The Bertz CT molecular complexity index is 403. The number of rotatable bonds is 4. The van der Waals surface area contributed by atoms with Gasteiger partial charge in [0.1, 0.15) is 11.8 Å². The van der Waals surface area contributed by atoms with Crippen LogP contribution in [0.1, 0.15) is 5.69 Å². The van der Waals surface area contributed by atoms with Crippen molar-refractivity contribution in [3.8, 4) is 11.9 Å². The van der Waals surface area contributed by atoms with Gasteiger partial charge >= 0.3 is 12.3 Å². The van der Waals surface area contributed by atoms with Crippen LogP contribution in [0.4, 0.5) is 17.6 Å². The lowest BCUT2D eigenvalue weighted by molar-refractivity contribution is -0.148. The Morgan fingerprint density at radius 3 is 2.69 bits per heavy atom. The third kappa shape index (κ3) is 3.08. The Kier molecular flexibility index (Phi) is 3.66. The Balaban J connectivity index is 2.65. The van der Waals surface area contributed by atoms with Gasteiger partial charge in [0.15, 0.2) is 6.61 Å². The standard InChI is InChI=1S/C9H6F4N2O/c10-8(11)9(12,13)5-16-7-3-1-2-6(4-14)15-7/h1-3,8H,5H2. The van der Waals surface area contributed by atoms with E-state index in [2.05, 4.69) is 9.72 Å². The van der Waals surface area contributed by atoms with Crippen LogP contribution < -0.4 is 4.74 Å². The van der Waals surface area contributed by atoms with Crippen molar-refractivity contribution in [3.05, 3.63) is 23.9 Å². The second-order valence-electron chi connectivity index (χ2n) is 2.82. The van der Waals surface area contributed by atoms with Gasteiger partial charge < -0.3 is 4.74 Å². The normalized spacial score (nSPS) is 11.2. The molecule has 0 N–H and O–H groups in total. The van der Waals surface area contributed by atoms with Gasteiger partial charge in [0, 0.05) is 6.07 Å². The molecule has 1 heterocycles. The number of aromatic nitrogens is 1. The largest absolute Gasteiger partial charge is 0.471 e. The quantitative estimate of drug-likeness (QED) is 0.750. The number of alkyl halides is 4. The monoisotopic (exact) mass is 234 g/mol. The molecule has 1 rings (SSSR count). The first-order valence-electron chi connectivity index (χ1n) is 4.11. The van der Waals surface area contributed by atoms with Crippen molar-refractivity contribution in [2.75, 3.05) is 6.61 Å². The molecule has 0 aromatic carbocycles. The molecule has 1 aromatic heterocycles. The van der Waals surface area contributed by atoms with Crippen molar-refractivity contribution in [2.45, 2.75) is 12.3 Å². The summed E-state index contributed by atoms with van der Waals surface area (Å²) in [6, 6.07) is 5.54. The van der Waals surface area contributed by atoms with E-state index in [0.717, 1.165) is 0 Å². The SMILES string of the molecule is N#Cc1cccc(OCC(F)(F)C(F)F)n1. The summed E-state index contributed by atoms with van der Waals surface area (Å²) in [5, 5.41) is 8.44. The fourth-order valence-electron chi connectivity index (χ4n) is 0.791. The van der Waals surface area contributed by atoms with Crippen molar-refractivity contribution < 1.29 is 22.3 Å². The molecule has 0 amide bonds. The first-order chi connectivity index (χ1) is 7.45. The highest BCUT2D eigenvalue weighted by atomic mass is 19.3. The van der Waals surface area contributed by atoms with E-state index in [4.69, 9.17) is 5.26 Å². The second kappa shape index (κ2) is 4.79. The lowest BCUT2D eigenvalue weighted by Gasteiger charge is -2.15. The predicted molar refractivity (Wildman–Crippen MR) is 45.4 cm³/mol. The third-order valence-electron chi connectivity index (χ3n) is 1.57. The van der Waals surface area contributed by atoms with Gasteiger partial charge in [-0.15, -0.1) is 0 Å². The molecule has 3 nitrogen and oxygen atoms in total. The molecule has 0 aliphatic rings. The van der Waals surface area contributed by atoms with E-state index in [-0.39, 0.29) is 11.6 Å². The van der Waals surface area contributed by atoms with Gasteiger partial charge in [-0.1, -0.05) is 6.07 Å². The van der Waals surface area contributed by atoms with Crippen LogP contribution in [0, 0.1) is 11.3 Å². The summed E-state index contributed by atoms with van der Waals surface area (Å²) in [7, 11) is 0. The van der Waals surface area contributed by atoms with E-state index in [0.29, 0.717) is 0 Å². The summed E-state index contributed by atoms with van der Waals surface area (Å²) in [6.07, 6.45) is -3.80. The average Bonchev–Trinajstić information content (AvgIpc) is 2.26. The molecule has 86 valence electrons. The van der Waals surface area contributed by atoms with Gasteiger partial charge in [0.05, 0.1) is 0 Å². The first-order valence-corrected chi connectivity index (χ1v) is 4.11. The zero-order valence-corrected chi connectivity index (χ0v) is 7.83. The molecule has 0 spiro atoms. The molecule has 0 aliphatic carbocycles. The minimum Gasteiger partial charge on any atom is -0.471 e. The zero-order valence-electron chi connectivity index (χ0n) is 7.83. The van der Waals surface area contributed by atoms with Crippen LogP contribution in [-0.2, 0) is 0 Å². The van der Waals surface area contributed by atoms with Crippen molar-refractivity contribution in [1.29, 1.82) is 5.26 Å². The van der Waals surface area contributed by atoms with E-state index in [1.165, 1.54) is 18.2 Å². The summed E-state index contributed by atoms with van der Waals surface area (Å²) >= 11 is 0. The maximum absolute atomic E-state index is 12.4. The summed E-state index contributed by atoms with van der Waals surface area (Å²) in [6.45, 7) is -1.48. The summed E-state index contributed by atoms with van der Waals surface area (Å²) in [4.78, 5) is 3.49. The second-order valence-corrected chi connectivity index (χ2v) is 2.82. The van der Waals surface area contributed by atoms with Crippen molar-refractivity contribution in [3.63, 3.8) is 0 Å². The number of nitriles is 1. The Morgan fingerprint density at radius 2 is 2.12 bits per heavy atom. The predicted octanol–water partition coefficient (Wildman–Crippen LogP) is 2.23. The van der Waals surface area contributed by atoms with E-state index >= 15 is 0 Å². The average molecular weight is 234 g/mol. The van der Waals surface area contributed by atoms with Gasteiger partial charge in [0.2, 0.25) is 5.88 Å². The minimum absolute atomic E-state index is 0.0436. The fourth-order valence-corrected chi connectivity index (χ4v) is 0.791. The van der Waals surface area contributed by atoms with Gasteiger partial charge in [-0.25, -0.2) is 13.8 Å². The number of hydrogen-bond acceptors (Lipinski definition) is 3. The van der Waals surface area contributed by atoms with Crippen LogP contribution in [0.3, 0.4) is 0 Å². The van der Waals surface area contributed by atoms with E-state index < -0.39 is 19.0 Å². The van der Waals surface area contributed by atoms with E-state index in [9.17, 15) is 17.6 Å². The highest BCUT2D eigenvalue weighted by Crippen LogP contribution is 2.23. The van der Waals surface area contributed by atoms with Gasteiger partial charge in [0.25, 0.3) is 0 Å². The molecule has 1 aromatic rings. The van der Waals surface area contributed by atoms with Crippen molar-refractivity contribution in [2.24, 2.45) is 0 Å². The molecule has 0 fully saturated rings. The number of halogens is 4. The van der Waals surface area contributed by atoms with E-state index in [1.807, 2.05) is 0 Å². The molecule has 0 radical (unpaired) electrons. The van der Waals surface area contributed by atoms with Crippen LogP contribution in [0.25, 0.3) is 0 Å². The lowest BCUT2D eigenvalue weighted by Crippen LogP contribution is -2.33. The van der Waals surface area contributed by atoms with Gasteiger partial charge in [-0.2, -0.15) is 14.0 Å². The molecule has 0 unspecified atom stereocenters. The number of pyridine rings is 1. The molecular formula is C9H6F4N2O. The third-order valence-corrected chi connectivity index (χ3v) is 1.57. The highest BCUT2D eigenvalue weighted by molar-refractivity contribution is 5.24. The van der Waals surface area contributed by atoms with Crippen LogP contribution in [-0.4, -0.2) is 23.9 Å². The molecule has 0 saturated heterocycles. The number of nitrogens with zero attached hydrogens (tertiary/aromatic N) is 2. The van der Waals surface area contributed by atoms with Crippen LogP contribution >= 0.6 is 0 Å². The summed E-state index contributed by atoms with van der Waals surface area (Å²) in [5.74, 6) is -4.52. The van der Waals surface area contributed by atoms with Gasteiger partial charge in [-0.3, -0.25) is 0 Å². The van der Waals surface area contributed by atoms with Crippen LogP contribution in [0.15, 0.2) is 18.2 Å². The molecule has 16 heavy (non-hydrogen) atoms.